The van der Waals surface area contributed by atoms with Crippen molar-refractivity contribution < 1.29 is 8.78 Å². The van der Waals surface area contributed by atoms with Crippen LogP contribution in [0.5, 0.6) is 0 Å². The minimum absolute atomic E-state index is 0.273. The van der Waals surface area contributed by atoms with E-state index in [4.69, 9.17) is 17.3 Å². The second-order valence-corrected chi connectivity index (χ2v) is 4.04. The van der Waals surface area contributed by atoms with Crippen LogP contribution in [0.25, 0.3) is 11.1 Å². The first kappa shape index (κ1) is 12.0. The third-order valence-electron chi connectivity index (χ3n) is 2.51. The average molecular weight is 254 g/mol. The summed E-state index contributed by atoms with van der Waals surface area (Å²) in [6.07, 6.45) is 0. The van der Waals surface area contributed by atoms with E-state index in [1.54, 1.807) is 18.2 Å². The highest BCUT2D eigenvalue weighted by Gasteiger charge is 2.08. The van der Waals surface area contributed by atoms with Crippen molar-refractivity contribution in [1.82, 2.24) is 0 Å². The molecule has 0 saturated heterocycles. The third kappa shape index (κ3) is 2.46. The molecule has 0 unspecified atom stereocenters. The number of benzene rings is 2. The second-order valence-electron chi connectivity index (χ2n) is 3.63. The summed E-state index contributed by atoms with van der Waals surface area (Å²) < 4.78 is 26.4. The Bertz CT molecular complexity index is 555. The van der Waals surface area contributed by atoms with Crippen LogP contribution in [0.3, 0.4) is 0 Å². The Hall–Kier alpha value is -1.45. The predicted molar refractivity (Wildman–Crippen MR) is 64.7 cm³/mol. The van der Waals surface area contributed by atoms with Crippen molar-refractivity contribution in [2.24, 2.45) is 5.73 Å². The lowest BCUT2D eigenvalue weighted by Crippen LogP contribution is -1.97. The van der Waals surface area contributed by atoms with Crippen LogP contribution < -0.4 is 5.73 Å². The molecular formula is C13H10ClF2N. The van der Waals surface area contributed by atoms with E-state index in [9.17, 15) is 8.78 Å². The SMILES string of the molecule is NCc1cc(-c2ccc(F)cc2F)ccc1Cl. The van der Waals surface area contributed by atoms with Crippen LogP contribution in [0.4, 0.5) is 8.78 Å². The topological polar surface area (TPSA) is 26.0 Å². The van der Waals surface area contributed by atoms with Gasteiger partial charge < -0.3 is 5.73 Å². The summed E-state index contributed by atoms with van der Waals surface area (Å²) in [6.45, 7) is 0.273. The summed E-state index contributed by atoms with van der Waals surface area (Å²) in [4.78, 5) is 0. The molecule has 0 spiro atoms. The fourth-order valence-electron chi connectivity index (χ4n) is 1.62. The Labute approximate surface area is 103 Å². The molecule has 0 saturated carbocycles. The Morgan fingerprint density at radius 3 is 2.47 bits per heavy atom. The Balaban J connectivity index is 2.53. The normalized spacial score (nSPS) is 10.6. The van der Waals surface area contributed by atoms with Crippen LogP contribution in [-0.4, -0.2) is 0 Å². The molecule has 0 atom stereocenters. The zero-order valence-electron chi connectivity index (χ0n) is 8.88. The minimum atomic E-state index is -0.602. The van der Waals surface area contributed by atoms with Gasteiger partial charge in [0.25, 0.3) is 0 Å². The van der Waals surface area contributed by atoms with Crippen LogP contribution in [0, 0.1) is 11.6 Å². The van der Waals surface area contributed by atoms with E-state index in [0.29, 0.717) is 16.1 Å². The van der Waals surface area contributed by atoms with Crippen LogP contribution in [0.1, 0.15) is 5.56 Å². The van der Waals surface area contributed by atoms with Gasteiger partial charge in [0.05, 0.1) is 0 Å². The number of nitrogens with two attached hydrogens (primary N) is 1. The average Bonchev–Trinajstić information content (AvgIpc) is 2.30. The molecule has 0 amide bonds. The first-order valence-corrected chi connectivity index (χ1v) is 5.43. The van der Waals surface area contributed by atoms with Crippen LogP contribution in [0.15, 0.2) is 36.4 Å². The summed E-state index contributed by atoms with van der Waals surface area (Å²) >= 11 is 5.92. The molecule has 2 aromatic carbocycles. The summed E-state index contributed by atoms with van der Waals surface area (Å²) in [5, 5.41) is 0.541. The molecule has 0 aliphatic carbocycles. The van der Waals surface area contributed by atoms with Crippen molar-refractivity contribution >= 4 is 11.6 Å². The Kier molecular flexibility index (Phi) is 3.41. The van der Waals surface area contributed by atoms with E-state index in [1.165, 1.54) is 12.1 Å². The first-order valence-electron chi connectivity index (χ1n) is 5.05. The molecule has 0 aromatic heterocycles. The molecule has 0 fully saturated rings. The monoisotopic (exact) mass is 253 g/mol. The van der Waals surface area contributed by atoms with Gasteiger partial charge in [-0.1, -0.05) is 17.7 Å². The first-order chi connectivity index (χ1) is 8.11. The van der Waals surface area contributed by atoms with Crippen LogP contribution in [0.2, 0.25) is 5.02 Å². The Morgan fingerprint density at radius 2 is 1.82 bits per heavy atom. The van der Waals surface area contributed by atoms with Crippen LogP contribution in [-0.2, 0) is 6.54 Å². The largest absolute Gasteiger partial charge is 0.326 e. The predicted octanol–water partition coefficient (Wildman–Crippen LogP) is 3.74. The van der Waals surface area contributed by atoms with E-state index in [-0.39, 0.29) is 6.54 Å². The van der Waals surface area contributed by atoms with E-state index in [1.807, 2.05) is 0 Å². The van der Waals surface area contributed by atoms with Gasteiger partial charge in [-0.15, -0.1) is 0 Å². The number of hydrogen-bond donors (Lipinski definition) is 1. The fourth-order valence-corrected chi connectivity index (χ4v) is 1.82. The van der Waals surface area contributed by atoms with Crippen molar-refractivity contribution in [2.75, 3.05) is 0 Å². The maximum absolute atomic E-state index is 13.6. The zero-order valence-corrected chi connectivity index (χ0v) is 9.64. The summed E-state index contributed by atoms with van der Waals surface area (Å²) in [5.41, 5.74) is 7.21. The molecule has 2 N–H and O–H groups in total. The lowest BCUT2D eigenvalue weighted by atomic mass is 10.0. The highest BCUT2D eigenvalue weighted by molar-refractivity contribution is 6.31. The van der Waals surface area contributed by atoms with Crippen molar-refractivity contribution in [3.63, 3.8) is 0 Å². The maximum atomic E-state index is 13.6. The van der Waals surface area contributed by atoms with Crippen LogP contribution >= 0.6 is 11.6 Å². The lowest BCUT2D eigenvalue weighted by Gasteiger charge is -2.07. The molecule has 0 radical (unpaired) electrons. The van der Waals surface area contributed by atoms with Gasteiger partial charge in [0.2, 0.25) is 0 Å². The highest BCUT2D eigenvalue weighted by atomic mass is 35.5. The number of rotatable bonds is 2. The molecular weight excluding hydrogens is 244 g/mol. The van der Waals surface area contributed by atoms with E-state index in [0.717, 1.165) is 11.6 Å². The van der Waals surface area contributed by atoms with E-state index in [2.05, 4.69) is 0 Å². The molecule has 1 nitrogen and oxygen atoms in total. The van der Waals surface area contributed by atoms with Gasteiger partial charge >= 0.3 is 0 Å². The number of halogens is 3. The third-order valence-corrected chi connectivity index (χ3v) is 2.88. The molecule has 17 heavy (non-hydrogen) atoms. The van der Waals surface area contributed by atoms with Gasteiger partial charge in [0.1, 0.15) is 11.6 Å². The Morgan fingerprint density at radius 1 is 1.06 bits per heavy atom. The maximum Gasteiger partial charge on any atom is 0.133 e. The van der Waals surface area contributed by atoms with E-state index < -0.39 is 11.6 Å². The molecule has 0 bridgehead atoms. The van der Waals surface area contributed by atoms with Crippen molar-refractivity contribution in [3.05, 3.63) is 58.6 Å². The van der Waals surface area contributed by atoms with Gasteiger partial charge in [-0.25, -0.2) is 8.78 Å². The summed E-state index contributed by atoms with van der Waals surface area (Å²) in [7, 11) is 0. The molecule has 4 heteroatoms. The number of hydrogen-bond acceptors (Lipinski definition) is 1. The second kappa shape index (κ2) is 4.82. The fraction of sp³-hybridized carbons (Fsp3) is 0.0769. The van der Waals surface area contributed by atoms with Crippen molar-refractivity contribution in [3.8, 4) is 11.1 Å². The smallest absolute Gasteiger partial charge is 0.133 e. The van der Waals surface area contributed by atoms with Gasteiger partial charge in [-0.2, -0.15) is 0 Å². The van der Waals surface area contributed by atoms with Gasteiger partial charge in [-0.3, -0.25) is 0 Å². The summed E-state index contributed by atoms with van der Waals surface area (Å²) in [6, 6.07) is 8.51. The van der Waals surface area contributed by atoms with Gasteiger partial charge in [-0.05, 0) is 35.4 Å². The molecule has 0 aliphatic rings. The van der Waals surface area contributed by atoms with Gasteiger partial charge in [0, 0.05) is 23.2 Å². The molecule has 2 aromatic rings. The summed E-state index contributed by atoms with van der Waals surface area (Å²) in [5.74, 6) is -1.20. The lowest BCUT2D eigenvalue weighted by molar-refractivity contribution is 0.585. The highest BCUT2D eigenvalue weighted by Crippen LogP contribution is 2.27. The molecule has 88 valence electrons. The molecule has 2 rings (SSSR count). The molecule has 0 heterocycles. The quantitative estimate of drug-likeness (QED) is 0.867. The van der Waals surface area contributed by atoms with Gasteiger partial charge in [0.15, 0.2) is 0 Å². The molecule has 0 aliphatic heterocycles. The van der Waals surface area contributed by atoms with Crippen molar-refractivity contribution in [2.45, 2.75) is 6.54 Å². The standard InChI is InChI=1S/C13H10ClF2N/c14-12-4-1-8(5-9(12)7-17)11-3-2-10(15)6-13(11)16/h1-6H,7,17H2. The zero-order chi connectivity index (χ0) is 12.4. The van der Waals surface area contributed by atoms with E-state index >= 15 is 0 Å². The van der Waals surface area contributed by atoms with Crippen molar-refractivity contribution in [1.29, 1.82) is 0 Å². The minimum Gasteiger partial charge on any atom is -0.326 e.